The van der Waals surface area contributed by atoms with Crippen molar-refractivity contribution in [3.05, 3.63) is 125 Å². The molecule has 14 nitrogen and oxygen atoms in total. The smallest absolute Gasteiger partial charge is 0.251 e. The number of amides is 3. The lowest BCUT2D eigenvalue weighted by Gasteiger charge is -2.29. The van der Waals surface area contributed by atoms with Gasteiger partial charge in [-0.25, -0.2) is 9.97 Å². The van der Waals surface area contributed by atoms with Crippen LogP contribution in [-0.4, -0.2) is 94.2 Å². The number of nitrogens with zero attached hydrogens (tertiary/aromatic N) is 4. The quantitative estimate of drug-likeness (QED) is 0.0325. The van der Waals surface area contributed by atoms with Crippen LogP contribution in [0.2, 0.25) is 0 Å². The van der Waals surface area contributed by atoms with Crippen LogP contribution in [0.15, 0.2) is 114 Å². The Hall–Kier alpha value is -7.37. The number of benzene rings is 3. The molecule has 3 amide bonds. The van der Waals surface area contributed by atoms with Crippen molar-refractivity contribution in [2.45, 2.75) is 102 Å². The number of aliphatic hydroxyl groups excluding tert-OH is 1. The van der Waals surface area contributed by atoms with Crippen LogP contribution in [0.3, 0.4) is 0 Å². The zero-order valence-electron chi connectivity index (χ0n) is 39.7. The summed E-state index contributed by atoms with van der Waals surface area (Å²) in [6.07, 6.45) is 14.1. The molecule has 2 aromatic heterocycles. The van der Waals surface area contributed by atoms with Gasteiger partial charge in [0.05, 0.1) is 17.2 Å². The summed E-state index contributed by atoms with van der Waals surface area (Å²) in [5, 5.41) is 18.3. The molecule has 0 saturated heterocycles. The van der Waals surface area contributed by atoms with Gasteiger partial charge in [0.1, 0.15) is 30.1 Å². The van der Waals surface area contributed by atoms with Crippen LogP contribution in [0.5, 0.6) is 0 Å². The Morgan fingerprint density at radius 1 is 0.942 bits per heavy atom. The molecule has 6 N–H and O–H groups in total. The highest BCUT2D eigenvalue weighted by atomic mass is 16.3. The number of fused-ring (bicyclic) bond motifs is 1. The van der Waals surface area contributed by atoms with Crippen LogP contribution in [-0.2, 0) is 30.5 Å². The normalized spacial score (nSPS) is 14.0. The molecule has 69 heavy (non-hydrogen) atoms. The average molecular weight is 933 g/mol. The molecule has 0 radical (unpaired) electrons. The number of rotatable bonds is 19. The lowest BCUT2D eigenvalue weighted by molar-refractivity contribution is -0.136. The first kappa shape index (κ1) is 51.0. The SMILES string of the molecule is CNC(=O)C(CCC=O)N(C)C(=O)C1=C(C=O)C(NCCC(=O)NCCCCC#Cc2cccc(Cn3c(-c4ccccc4)c(-c4ccccc4)c4c(N)ncnc43)c2)=CCC1.OC1CCCCC1. The first-order valence-corrected chi connectivity index (χ1v) is 24.0. The Morgan fingerprint density at radius 3 is 2.36 bits per heavy atom. The zero-order valence-corrected chi connectivity index (χ0v) is 39.7. The Morgan fingerprint density at radius 2 is 1.68 bits per heavy atom. The van der Waals surface area contributed by atoms with Crippen LogP contribution in [0, 0.1) is 11.8 Å². The van der Waals surface area contributed by atoms with E-state index in [9.17, 15) is 24.0 Å². The second-order valence-electron chi connectivity index (χ2n) is 17.2. The highest BCUT2D eigenvalue weighted by molar-refractivity contribution is 6.08. The van der Waals surface area contributed by atoms with E-state index in [1.807, 2.05) is 54.6 Å². The van der Waals surface area contributed by atoms with E-state index in [4.69, 9.17) is 15.8 Å². The van der Waals surface area contributed by atoms with E-state index in [0.29, 0.717) is 56.4 Å². The van der Waals surface area contributed by atoms with Crippen molar-refractivity contribution in [1.82, 2.24) is 35.4 Å². The fourth-order valence-electron chi connectivity index (χ4n) is 8.81. The molecule has 2 aliphatic carbocycles. The predicted molar refractivity (Wildman–Crippen MR) is 270 cm³/mol. The standard InChI is InChI=1S/C49H52N8O5.C6H12O/c1-51-48(61)41(25-15-29-58)56(2)49(62)38-23-14-24-40(39(38)32-59)52-28-26-42(60)53-27-12-4-3-7-16-34-17-13-18-35(30-34)31-57-45(37-21-10-6-11-22-37)43(36-19-8-5-9-20-36)44-46(50)54-33-55-47(44)57;7-6-4-2-1-3-5-6/h5-6,8-11,13,17-22,24,29-30,32-33,41,52H,3-4,12,14-15,23,25-28,31H2,1-2H3,(H,51,61)(H,53,60)(H2,50,54,55);6-7H,1-5H2. The summed E-state index contributed by atoms with van der Waals surface area (Å²) in [5.41, 5.74) is 14.3. The van der Waals surface area contributed by atoms with Crippen molar-refractivity contribution >= 4 is 47.1 Å². The highest BCUT2D eigenvalue weighted by Crippen LogP contribution is 2.42. The molecule has 1 atom stereocenters. The molecule has 1 fully saturated rings. The fraction of sp³-hybridized carbons (Fsp3) is 0.364. The van der Waals surface area contributed by atoms with Gasteiger partial charge in [-0.1, -0.05) is 110 Å². The molecule has 0 aliphatic heterocycles. The Labute approximate surface area is 404 Å². The number of unbranched alkanes of at least 4 members (excludes halogenated alkanes) is 2. The molecule has 3 aromatic carbocycles. The maximum atomic E-state index is 13.4. The van der Waals surface area contributed by atoms with Crippen LogP contribution < -0.4 is 21.7 Å². The third-order valence-corrected chi connectivity index (χ3v) is 12.4. The monoisotopic (exact) mass is 932 g/mol. The molecule has 14 heteroatoms. The van der Waals surface area contributed by atoms with Crippen LogP contribution in [0.1, 0.15) is 94.6 Å². The molecule has 0 bridgehead atoms. The molecule has 360 valence electrons. The largest absolute Gasteiger partial charge is 0.393 e. The number of allylic oxidation sites excluding steroid dienone is 2. The van der Waals surface area contributed by atoms with Crippen molar-refractivity contribution in [1.29, 1.82) is 0 Å². The minimum atomic E-state index is -0.849. The number of hydrogen-bond acceptors (Lipinski definition) is 10. The van der Waals surface area contributed by atoms with Gasteiger partial charge in [0.25, 0.3) is 5.91 Å². The minimum absolute atomic E-state index is 0.0359. The number of anilines is 1. The highest BCUT2D eigenvalue weighted by Gasteiger charge is 2.31. The Bertz CT molecular complexity index is 2680. The summed E-state index contributed by atoms with van der Waals surface area (Å²) in [5.74, 6) is 6.05. The summed E-state index contributed by atoms with van der Waals surface area (Å²) in [7, 11) is 2.96. The number of carbonyl (C=O) groups excluding carboxylic acids is 5. The van der Waals surface area contributed by atoms with Gasteiger partial charge in [0.15, 0.2) is 6.29 Å². The molecule has 2 aliphatic rings. The van der Waals surface area contributed by atoms with Gasteiger partial charge in [-0.15, -0.1) is 0 Å². The predicted octanol–water partition coefficient (Wildman–Crippen LogP) is 7.05. The van der Waals surface area contributed by atoms with Gasteiger partial charge >= 0.3 is 0 Å². The number of carbonyl (C=O) groups is 5. The number of aldehydes is 2. The second kappa shape index (κ2) is 26.2. The maximum absolute atomic E-state index is 13.4. The van der Waals surface area contributed by atoms with E-state index in [1.165, 1.54) is 44.6 Å². The summed E-state index contributed by atoms with van der Waals surface area (Å²) in [6.45, 7) is 1.32. The first-order chi connectivity index (χ1) is 33.6. The van der Waals surface area contributed by atoms with Gasteiger partial charge in [-0.2, -0.15) is 0 Å². The summed E-state index contributed by atoms with van der Waals surface area (Å²) in [6, 6.07) is 27.8. The molecule has 1 unspecified atom stereocenters. The van der Waals surface area contributed by atoms with Crippen LogP contribution >= 0.6 is 0 Å². The van der Waals surface area contributed by atoms with Gasteiger partial charge in [-0.05, 0) is 73.8 Å². The third-order valence-electron chi connectivity index (χ3n) is 12.4. The van der Waals surface area contributed by atoms with E-state index in [2.05, 4.69) is 73.7 Å². The minimum Gasteiger partial charge on any atom is -0.393 e. The van der Waals surface area contributed by atoms with E-state index < -0.39 is 11.9 Å². The number of hydrogen-bond donors (Lipinski definition) is 5. The van der Waals surface area contributed by atoms with Crippen molar-refractivity contribution < 1.29 is 29.1 Å². The van der Waals surface area contributed by atoms with Gasteiger partial charge in [0, 0.05) is 81.0 Å². The summed E-state index contributed by atoms with van der Waals surface area (Å²) < 4.78 is 2.21. The molecule has 2 heterocycles. The third kappa shape index (κ3) is 13.9. The number of nitrogen functional groups attached to an aromatic ring is 1. The van der Waals surface area contributed by atoms with E-state index >= 15 is 0 Å². The van der Waals surface area contributed by atoms with Crippen molar-refractivity contribution in [3.8, 4) is 34.2 Å². The van der Waals surface area contributed by atoms with Crippen molar-refractivity contribution in [2.75, 3.05) is 32.9 Å². The molecule has 1 saturated carbocycles. The van der Waals surface area contributed by atoms with Crippen molar-refractivity contribution in [2.24, 2.45) is 0 Å². The Kier molecular flexibility index (Phi) is 19.4. The summed E-state index contributed by atoms with van der Waals surface area (Å²) in [4.78, 5) is 72.0. The van der Waals surface area contributed by atoms with Crippen LogP contribution in [0.25, 0.3) is 33.4 Å². The molecule has 5 aromatic rings. The molecule has 7 rings (SSSR count). The number of likely N-dealkylation sites (N-methyl/N-ethyl adjacent to an activating group) is 2. The number of aromatic nitrogens is 3. The first-order valence-electron chi connectivity index (χ1n) is 24.0. The average Bonchev–Trinajstić information content (AvgIpc) is 3.71. The van der Waals surface area contributed by atoms with Crippen molar-refractivity contribution in [3.63, 3.8) is 0 Å². The lowest BCUT2D eigenvalue weighted by atomic mass is 9.93. The molecular formula is C55H64N8O6. The lowest BCUT2D eigenvalue weighted by Crippen LogP contribution is -2.47. The van der Waals surface area contributed by atoms with E-state index in [-0.39, 0.29) is 54.9 Å². The van der Waals surface area contributed by atoms with Crippen LogP contribution in [0.4, 0.5) is 5.82 Å². The molecule has 0 spiro atoms. The maximum Gasteiger partial charge on any atom is 0.251 e. The Balaban J connectivity index is 0.00000102. The zero-order chi connectivity index (χ0) is 49.0. The topological polar surface area (TPSA) is 202 Å². The van der Waals surface area contributed by atoms with Gasteiger partial charge in [0.2, 0.25) is 11.8 Å². The second-order valence-corrected chi connectivity index (χ2v) is 17.2. The fourth-order valence-corrected chi connectivity index (χ4v) is 8.81. The molecular weight excluding hydrogens is 869 g/mol. The summed E-state index contributed by atoms with van der Waals surface area (Å²) >= 11 is 0. The number of aliphatic hydroxyl groups is 1. The van der Waals surface area contributed by atoms with Gasteiger partial charge < -0.3 is 41.1 Å². The van der Waals surface area contributed by atoms with E-state index in [1.54, 1.807) is 0 Å². The number of nitrogens with one attached hydrogen (secondary N) is 3. The number of nitrogens with two attached hydrogens (primary N) is 1. The van der Waals surface area contributed by atoms with E-state index in [0.717, 1.165) is 70.2 Å². The van der Waals surface area contributed by atoms with Gasteiger partial charge in [-0.3, -0.25) is 19.2 Å².